The van der Waals surface area contributed by atoms with Crippen molar-refractivity contribution in [3.63, 3.8) is 0 Å². The second-order valence-corrected chi connectivity index (χ2v) is 8.40. The summed E-state index contributed by atoms with van der Waals surface area (Å²) in [5.74, 6) is -0.0351. The molecule has 0 bridgehead atoms. The normalized spacial score (nSPS) is 10.3. The molecular formula is C31H31IN2NiO. The van der Waals surface area contributed by atoms with Crippen LogP contribution in [-0.2, 0) is 18.7 Å². The van der Waals surface area contributed by atoms with Crippen LogP contribution in [0.1, 0.15) is 11.1 Å². The van der Waals surface area contributed by atoms with Crippen LogP contribution < -0.4 is 5.11 Å². The van der Waals surface area contributed by atoms with Gasteiger partial charge >= 0.3 is 32.8 Å². The van der Waals surface area contributed by atoms with E-state index in [1.807, 2.05) is 74.6 Å². The SMILES string of the molecule is C=CCc1cc(-c2ccccc2)c(N=Cc2ccccc2[O-])c(-c2ccccc2)c1.CN(C)C.[Ni+][I]. The summed E-state index contributed by atoms with van der Waals surface area (Å²) in [5.41, 5.74) is 6.84. The number of hydrogen-bond acceptors (Lipinski definition) is 3. The van der Waals surface area contributed by atoms with Crippen LogP contribution in [0.2, 0.25) is 0 Å². The molecule has 0 aliphatic heterocycles. The van der Waals surface area contributed by atoms with Crippen molar-refractivity contribution >= 4 is 32.4 Å². The molecule has 0 N–H and O–H groups in total. The molecule has 0 amide bonds. The van der Waals surface area contributed by atoms with Crippen molar-refractivity contribution < 1.29 is 17.4 Å². The van der Waals surface area contributed by atoms with E-state index in [9.17, 15) is 5.11 Å². The summed E-state index contributed by atoms with van der Waals surface area (Å²) < 4.78 is 0. The first-order valence-electron chi connectivity index (χ1n) is 11.4. The summed E-state index contributed by atoms with van der Waals surface area (Å²) in [6.07, 6.45) is 4.35. The zero-order valence-electron chi connectivity index (χ0n) is 20.8. The molecular weight excluding hydrogens is 602 g/mol. The fourth-order valence-electron chi connectivity index (χ4n) is 3.51. The minimum atomic E-state index is -0.0351. The van der Waals surface area contributed by atoms with Crippen molar-refractivity contribution in [3.8, 4) is 28.0 Å². The maximum absolute atomic E-state index is 12.2. The molecule has 0 fully saturated rings. The Bertz CT molecular complexity index is 1180. The predicted octanol–water partition coefficient (Wildman–Crippen LogP) is 7.63. The maximum atomic E-state index is 12.2. The van der Waals surface area contributed by atoms with Gasteiger partial charge in [-0.05, 0) is 62.0 Å². The van der Waals surface area contributed by atoms with E-state index in [1.165, 1.54) is 5.56 Å². The van der Waals surface area contributed by atoms with Gasteiger partial charge in [-0.1, -0.05) is 91.0 Å². The predicted molar refractivity (Wildman–Crippen MR) is 158 cm³/mol. The van der Waals surface area contributed by atoms with E-state index in [2.05, 4.69) is 55.3 Å². The third kappa shape index (κ3) is 9.05. The fraction of sp³-hybridized carbons (Fsp3) is 0.129. The molecule has 5 heteroatoms. The molecule has 0 radical (unpaired) electrons. The van der Waals surface area contributed by atoms with E-state index in [1.54, 1.807) is 44.9 Å². The number of para-hydroxylation sites is 1. The zero-order chi connectivity index (χ0) is 26.3. The number of hydrogen-bond donors (Lipinski definition) is 0. The second kappa shape index (κ2) is 16.1. The molecule has 4 aromatic rings. The summed E-state index contributed by atoms with van der Waals surface area (Å²) in [6.45, 7) is 3.90. The summed E-state index contributed by atoms with van der Waals surface area (Å²) in [5, 5.41) is 12.2. The second-order valence-electron chi connectivity index (χ2n) is 8.40. The Morgan fingerprint density at radius 3 is 1.69 bits per heavy atom. The van der Waals surface area contributed by atoms with Crippen molar-refractivity contribution in [2.75, 3.05) is 21.1 Å². The van der Waals surface area contributed by atoms with E-state index in [0.29, 0.717) is 5.56 Å². The molecule has 0 saturated heterocycles. The van der Waals surface area contributed by atoms with Gasteiger partial charge in [-0.25, -0.2) is 0 Å². The van der Waals surface area contributed by atoms with Gasteiger partial charge < -0.3 is 10.0 Å². The molecule has 3 nitrogen and oxygen atoms in total. The molecule has 0 spiro atoms. The molecule has 0 aromatic heterocycles. The van der Waals surface area contributed by atoms with Gasteiger partial charge in [-0.2, -0.15) is 0 Å². The van der Waals surface area contributed by atoms with Crippen LogP contribution in [0.5, 0.6) is 5.75 Å². The summed E-state index contributed by atoms with van der Waals surface area (Å²) in [6, 6.07) is 31.7. The van der Waals surface area contributed by atoms with Gasteiger partial charge in [0.1, 0.15) is 0 Å². The number of halogens is 1. The third-order valence-corrected chi connectivity index (χ3v) is 4.97. The molecule has 0 unspecified atom stereocenters. The van der Waals surface area contributed by atoms with E-state index < -0.39 is 0 Å². The van der Waals surface area contributed by atoms with Crippen LogP contribution in [0.4, 0.5) is 5.69 Å². The Kier molecular flexibility index (Phi) is 13.2. The molecule has 188 valence electrons. The quantitative estimate of drug-likeness (QED) is 0.0949. The summed E-state index contributed by atoms with van der Waals surface area (Å²) >= 11 is 5.62. The fourth-order valence-corrected chi connectivity index (χ4v) is 3.51. The molecule has 0 heterocycles. The molecule has 0 aliphatic rings. The van der Waals surface area contributed by atoms with Crippen LogP contribution >= 0.6 is 20.5 Å². The molecule has 0 saturated carbocycles. The standard InChI is InChI=1S/C28H23NO.C3H9N.HI.Ni/c1-2-11-21-18-25(22-12-5-3-6-13-22)28(26(19-21)23-14-7-4-8-15-23)29-20-24-16-9-10-17-27(24)30;1-4(2)3;;/h2-10,12-20,30H,1,11H2;1-3H3;1H;/q;;;+2/p-2. The number of allylic oxidation sites excluding steroid dienone is 1. The van der Waals surface area contributed by atoms with E-state index in [-0.39, 0.29) is 5.75 Å². The minimum absolute atomic E-state index is 0.0351. The van der Waals surface area contributed by atoms with Gasteiger partial charge in [0.15, 0.2) is 0 Å². The first-order valence-corrected chi connectivity index (χ1v) is 14.6. The Hall–Kier alpha value is -2.73. The average Bonchev–Trinajstić information content (AvgIpc) is 2.90. The summed E-state index contributed by atoms with van der Waals surface area (Å²) in [4.78, 5) is 6.84. The topological polar surface area (TPSA) is 38.7 Å². The van der Waals surface area contributed by atoms with Crippen molar-refractivity contribution in [1.82, 2.24) is 4.90 Å². The van der Waals surface area contributed by atoms with Gasteiger partial charge in [0.25, 0.3) is 0 Å². The van der Waals surface area contributed by atoms with Gasteiger partial charge in [0, 0.05) is 17.3 Å². The first kappa shape index (κ1) is 29.5. The van der Waals surface area contributed by atoms with E-state index in [0.717, 1.165) is 34.4 Å². The molecule has 0 aliphatic carbocycles. The van der Waals surface area contributed by atoms with Crippen molar-refractivity contribution in [2.24, 2.45) is 4.99 Å². The Labute approximate surface area is 234 Å². The number of rotatable bonds is 6. The van der Waals surface area contributed by atoms with E-state index in [4.69, 9.17) is 4.99 Å². The van der Waals surface area contributed by atoms with Crippen LogP contribution in [-0.4, -0.2) is 32.3 Å². The number of nitrogens with zero attached hydrogens (tertiary/aromatic N) is 2. The Balaban J connectivity index is 0.000000694. The van der Waals surface area contributed by atoms with Crippen molar-refractivity contribution in [3.05, 3.63) is 121 Å². The van der Waals surface area contributed by atoms with Crippen molar-refractivity contribution in [1.29, 1.82) is 0 Å². The molecule has 4 aromatic carbocycles. The van der Waals surface area contributed by atoms with Crippen LogP contribution in [0, 0.1) is 0 Å². The first-order chi connectivity index (χ1) is 17.5. The Morgan fingerprint density at radius 1 is 0.806 bits per heavy atom. The number of aliphatic imine (C=N–C) groups is 1. The van der Waals surface area contributed by atoms with Crippen LogP contribution in [0.3, 0.4) is 0 Å². The van der Waals surface area contributed by atoms with Crippen molar-refractivity contribution in [2.45, 2.75) is 6.42 Å². The average molecular weight is 633 g/mol. The van der Waals surface area contributed by atoms with Crippen LogP contribution in [0.25, 0.3) is 22.3 Å². The van der Waals surface area contributed by atoms with Crippen LogP contribution in [0.15, 0.2) is 115 Å². The van der Waals surface area contributed by atoms with Gasteiger partial charge in [-0.3, -0.25) is 4.99 Å². The summed E-state index contributed by atoms with van der Waals surface area (Å²) in [7, 11) is 6.00. The monoisotopic (exact) mass is 632 g/mol. The zero-order valence-corrected chi connectivity index (χ0v) is 23.9. The third-order valence-electron chi connectivity index (χ3n) is 4.97. The number of benzene rings is 4. The van der Waals surface area contributed by atoms with E-state index >= 15 is 0 Å². The van der Waals surface area contributed by atoms with Gasteiger partial charge in [0.05, 0.1) is 5.69 Å². The molecule has 4 rings (SSSR count). The molecule has 0 atom stereocenters. The van der Waals surface area contributed by atoms with Gasteiger partial charge in [-0.15, -0.1) is 12.3 Å². The van der Waals surface area contributed by atoms with Gasteiger partial charge in [0.2, 0.25) is 0 Å². The molecule has 36 heavy (non-hydrogen) atoms. The Morgan fingerprint density at radius 2 is 1.25 bits per heavy atom.